The molecule has 2 N–H and O–H groups in total. The zero-order chi connectivity index (χ0) is 11.5. The van der Waals surface area contributed by atoms with E-state index >= 15 is 0 Å². The Bertz CT molecular complexity index is 601. The lowest BCUT2D eigenvalue weighted by Crippen LogP contribution is -2.13. The summed E-state index contributed by atoms with van der Waals surface area (Å²) in [4.78, 5) is 0. The Morgan fingerprint density at radius 1 is 1.24 bits per heavy atom. The van der Waals surface area contributed by atoms with Gasteiger partial charge in [-0.25, -0.2) is 0 Å². The zero-order valence-electron chi connectivity index (χ0n) is 9.05. The predicted molar refractivity (Wildman–Crippen MR) is 66.5 cm³/mol. The van der Waals surface area contributed by atoms with Crippen molar-refractivity contribution in [1.82, 2.24) is 25.9 Å². The fraction of sp³-hybridized carbons (Fsp3) is 0.182. The van der Waals surface area contributed by atoms with Crippen molar-refractivity contribution in [1.29, 1.82) is 0 Å². The van der Waals surface area contributed by atoms with E-state index in [1.54, 1.807) is 11.3 Å². The molecule has 3 aromatic rings. The van der Waals surface area contributed by atoms with Crippen molar-refractivity contribution < 1.29 is 0 Å². The average Bonchev–Trinajstić information content (AvgIpc) is 2.99. The zero-order valence-corrected chi connectivity index (χ0v) is 9.87. The van der Waals surface area contributed by atoms with Gasteiger partial charge in [-0.2, -0.15) is 5.21 Å². The van der Waals surface area contributed by atoms with Gasteiger partial charge in [-0.15, -0.1) is 21.5 Å². The van der Waals surface area contributed by atoms with Crippen LogP contribution in [0.2, 0.25) is 0 Å². The summed E-state index contributed by atoms with van der Waals surface area (Å²) in [5.74, 6) is 0.685. The number of rotatable bonds is 4. The van der Waals surface area contributed by atoms with Crippen LogP contribution in [0.15, 0.2) is 29.6 Å². The molecule has 0 aliphatic rings. The second kappa shape index (κ2) is 4.60. The van der Waals surface area contributed by atoms with E-state index in [1.165, 1.54) is 15.6 Å². The van der Waals surface area contributed by atoms with Crippen molar-refractivity contribution in [2.24, 2.45) is 0 Å². The van der Waals surface area contributed by atoms with Gasteiger partial charge in [0.1, 0.15) is 0 Å². The normalized spacial score (nSPS) is 11.1. The molecule has 2 aromatic heterocycles. The molecule has 1 aromatic carbocycles. The minimum absolute atomic E-state index is 0.626. The summed E-state index contributed by atoms with van der Waals surface area (Å²) in [6.07, 6.45) is 0. The largest absolute Gasteiger partial charge is 0.306 e. The van der Waals surface area contributed by atoms with Crippen molar-refractivity contribution in [3.05, 3.63) is 41.0 Å². The number of aromatic nitrogens is 4. The van der Waals surface area contributed by atoms with Crippen LogP contribution in [0.3, 0.4) is 0 Å². The number of tetrazole rings is 1. The van der Waals surface area contributed by atoms with Crippen molar-refractivity contribution in [3.8, 4) is 0 Å². The smallest absolute Gasteiger partial charge is 0.188 e. The summed E-state index contributed by atoms with van der Waals surface area (Å²) in [6.45, 7) is 1.44. The molecule has 0 atom stereocenters. The van der Waals surface area contributed by atoms with Gasteiger partial charge in [0.15, 0.2) is 5.82 Å². The van der Waals surface area contributed by atoms with Crippen LogP contribution in [0.4, 0.5) is 0 Å². The standard InChI is InChI=1S/C11H11N5S/c1-2-4-10-9(3-1)8(7-17-10)5-12-6-11-13-15-16-14-11/h1-4,7,12H,5-6H2,(H,13,14,15,16). The Balaban J connectivity index is 1.69. The van der Waals surface area contributed by atoms with Crippen molar-refractivity contribution in [2.75, 3.05) is 0 Å². The Hall–Kier alpha value is -1.79. The number of aromatic amines is 1. The summed E-state index contributed by atoms with van der Waals surface area (Å²) >= 11 is 1.77. The van der Waals surface area contributed by atoms with E-state index in [9.17, 15) is 0 Å². The molecule has 6 heteroatoms. The molecule has 0 aliphatic heterocycles. The van der Waals surface area contributed by atoms with E-state index in [1.807, 2.05) is 0 Å². The maximum absolute atomic E-state index is 3.89. The summed E-state index contributed by atoms with van der Waals surface area (Å²) in [6, 6.07) is 8.42. The topological polar surface area (TPSA) is 66.5 Å². The molecule has 0 unspecified atom stereocenters. The average molecular weight is 245 g/mol. The number of nitrogens with zero attached hydrogens (tertiary/aromatic N) is 3. The summed E-state index contributed by atoms with van der Waals surface area (Å²) in [5, 5.41) is 20.5. The van der Waals surface area contributed by atoms with Crippen LogP contribution < -0.4 is 5.32 Å². The van der Waals surface area contributed by atoms with Crippen LogP contribution in [-0.2, 0) is 13.1 Å². The van der Waals surface area contributed by atoms with Crippen molar-refractivity contribution >= 4 is 21.4 Å². The van der Waals surface area contributed by atoms with Gasteiger partial charge in [0, 0.05) is 11.2 Å². The van der Waals surface area contributed by atoms with Crippen molar-refractivity contribution in [3.63, 3.8) is 0 Å². The highest BCUT2D eigenvalue weighted by Crippen LogP contribution is 2.25. The first-order valence-electron chi connectivity index (χ1n) is 5.31. The van der Waals surface area contributed by atoms with Crippen LogP contribution in [-0.4, -0.2) is 20.6 Å². The van der Waals surface area contributed by atoms with E-state index in [0.29, 0.717) is 12.4 Å². The third-order valence-corrected chi connectivity index (χ3v) is 3.56. The Kier molecular flexibility index (Phi) is 2.81. The monoisotopic (exact) mass is 245 g/mol. The molecule has 0 fully saturated rings. The molecule has 0 saturated carbocycles. The SMILES string of the molecule is c1ccc2c(CNCc3nn[nH]n3)csc2c1. The third kappa shape index (κ3) is 2.17. The molecule has 0 aliphatic carbocycles. The maximum atomic E-state index is 3.89. The molecule has 5 nitrogen and oxygen atoms in total. The van der Waals surface area contributed by atoms with Crippen LogP contribution in [0.25, 0.3) is 10.1 Å². The highest BCUT2D eigenvalue weighted by Gasteiger charge is 2.03. The molecule has 0 radical (unpaired) electrons. The Morgan fingerprint density at radius 3 is 3.06 bits per heavy atom. The lowest BCUT2D eigenvalue weighted by Gasteiger charge is -2.00. The first-order valence-corrected chi connectivity index (χ1v) is 6.19. The van der Waals surface area contributed by atoms with Crippen LogP contribution in [0.1, 0.15) is 11.4 Å². The molecule has 2 heterocycles. The van der Waals surface area contributed by atoms with Crippen molar-refractivity contribution in [2.45, 2.75) is 13.1 Å². The van der Waals surface area contributed by atoms with Gasteiger partial charge >= 0.3 is 0 Å². The molecule has 0 amide bonds. The van der Waals surface area contributed by atoms with Gasteiger partial charge in [-0.1, -0.05) is 23.4 Å². The van der Waals surface area contributed by atoms with Gasteiger partial charge in [0.25, 0.3) is 0 Å². The molecule has 0 spiro atoms. The summed E-state index contributed by atoms with van der Waals surface area (Å²) in [5.41, 5.74) is 1.31. The third-order valence-electron chi connectivity index (χ3n) is 2.55. The highest BCUT2D eigenvalue weighted by atomic mass is 32.1. The number of thiophene rings is 1. The van der Waals surface area contributed by atoms with E-state index in [-0.39, 0.29) is 0 Å². The lowest BCUT2D eigenvalue weighted by molar-refractivity contribution is 0.667. The first kappa shape index (κ1) is 10.4. The van der Waals surface area contributed by atoms with Crippen LogP contribution in [0.5, 0.6) is 0 Å². The summed E-state index contributed by atoms with van der Waals surface area (Å²) in [7, 11) is 0. The van der Waals surface area contributed by atoms with Crippen LogP contribution >= 0.6 is 11.3 Å². The molecule has 3 rings (SSSR count). The maximum Gasteiger partial charge on any atom is 0.188 e. The lowest BCUT2D eigenvalue weighted by atomic mass is 10.2. The molecular formula is C11H11N5S. The quantitative estimate of drug-likeness (QED) is 0.734. The number of nitrogens with one attached hydrogen (secondary N) is 2. The minimum atomic E-state index is 0.626. The number of benzene rings is 1. The highest BCUT2D eigenvalue weighted by molar-refractivity contribution is 7.17. The molecule has 0 bridgehead atoms. The van der Waals surface area contributed by atoms with Gasteiger partial charge in [-0.3, -0.25) is 0 Å². The van der Waals surface area contributed by atoms with E-state index in [4.69, 9.17) is 0 Å². The molecule has 17 heavy (non-hydrogen) atoms. The van der Waals surface area contributed by atoms with Gasteiger partial charge in [0.2, 0.25) is 0 Å². The number of H-pyrrole nitrogens is 1. The second-order valence-electron chi connectivity index (χ2n) is 3.69. The van der Waals surface area contributed by atoms with Crippen LogP contribution in [0, 0.1) is 0 Å². The van der Waals surface area contributed by atoms with E-state index in [0.717, 1.165) is 6.54 Å². The van der Waals surface area contributed by atoms with E-state index in [2.05, 4.69) is 55.6 Å². The Morgan fingerprint density at radius 2 is 2.18 bits per heavy atom. The number of hydrogen-bond acceptors (Lipinski definition) is 5. The first-order chi connectivity index (χ1) is 8.43. The number of hydrogen-bond donors (Lipinski definition) is 2. The van der Waals surface area contributed by atoms with Gasteiger partial charge in [0.05, 0.1) is 6.54 Å². The minimum Gasteiger partial charge on any atom is -0.306 e. The fourth-order valence-electron chi connectivity index (χ4n) is 1.74. The fourth-order valence-corrected chi connectivity index (χ4v) is 2.70. The summed E-state index contributed by atoms with van der Waals surface area (Å²) < 4.78 is 1.32. The Labute approximate surface area is 102 Å². The number of fused-ring (bicyclic) bond motifs is 1. The molecule has 0 saturated heterocycles. The predicted octanol–water partition coefficient (Wildman–Crippen LogP) is 1.70. The van der Waals surface area contributed by atoms with Gasteiger partial charge < -0.3 is 5.32 Å². The van der Waals surface area contributed by atoms with E-state index < -0.39 is 0 Å². The van der Waals surface area contributed by atoms with Gasteiger partial charge in [-0.05, 0) is 22.4 Å². The molecule has 86 valence electrons. The second-order valence-corrected chi connectivity index (χ2v) is 4.60. The molecular weight excluding hydrogens is 234 g/mol.